The van der Waals surface area contributed by atoms with Gasteiger partial charge in [0.05, 0.1) is 17.0 Å². The Hall–Kier alpha value is -3.04. The quantitative estimate of drug-likeness (QED) is 0.587. The largest absolute Gasteiger partial charge is 0.441 e. The molecule has 9 heteroatoms. The number of aromatic nitrogens is 1. The maximum atomic E-state index is 13.2. The third kappa shape index (κ3) is 4.73. The average Bonchev–Trinajstić information content (AvgIpc) is 2.99. The molecular formula is C23H24FN3O4S. The molecule has 1 amide bonds. The van der Waals surface area contributed by atoms with Gasteiger partial charge in [0.1, 0.15) is 11.6 Å². The number of hydrogen-bond acceptors (Lipinski definition) is 5. The molecular weight excluding hydrogens is 433 g/mol. The fourth-order valence-electron chi connectivity index (χ4n) is 3.69. The van der Waals surface area contributed by atoms with E-state index in [0.717, 1.165) is 17.7 Å². The lowest BCUT2D eigenvalue weighted by Gasteiger charge is -2.22. The highest BCUT2D eigenvalue weighted by molar-refractivity contribution is 7.89. The molecule has 4 rings (SSSR count). The number of carbonyl (C=O) groups excluding carboxylic acids is 1. The van der Waals surface area contributed by atoms with Crippen LogP contribution in [0.15, 0.2) is 63.9 Å². The lowest BCUT2D eigenvalue weighted by atomic mass is 10.2. The number of sulfonamides is 1. The van der Waals surface area contributed by atoms with Crippen LogP contribution >= 0.6 is 0 Å². The number of carbonyl (C=O) groups is 1. The minimum Gasteiger partial charge on any atom is -0.441 e. The Balaban J connectivity index is 1.42. The molecule has 7 nitrogen and oxygen atoms in total. The molecule has 3 aromatic rings. The Morgan fingerprint density at radius 3 is 2.47 bits per heavy atom. The van der Waals surface area contributed by atoms with Crippen LogP contribution in [0.2, 0.25) is 0 Å². The van der Waals surface area contributed by atoms with E-state index in [4.69, 9.17) is 4.42 Å². The maximum absolute atomic E-state index is 13.2. The molecule has 0 atom stereocenters. The Labute approximate surface area is 186 Å². The number of nitrogens with zero attached hydrogens (tertiary/aromatic N) is 3. The number of oxazole rings is 1. The molecule has 1 saturated heterocycles. The van der Waals surface area contributed by atoms with E-state index in [1.807, 2.05) is 30.3 Å². The van der Waals surface area contributed by atoms with Gasteiger partial charge in [-0.1, -0.05) is 18.2 Å². The second-order valence-corrected chi connectivity index (χ2v) is 9.59. The van der Waals surface area contributed by atoms with Crippen LogP contribution in [-0.2, 0) is 21.2 Å². The molecule has 0 spiro atoms. The highest BCUT2D eigenvalue weighted by Gasteiger charge is 2.29. The summed E-state index contributed by atoms with van der Waals surface area (Å²) in [4.78, 5) is 19.1. The topological polar surface area (TPSA) is 83.7 Å². The lowest BCUT2D eigenvalue weighted by molar-refractivity contribution is -0.130. The third-order valence-electron chi connectivity index (χ3n) is 5.49. The smallest absolute Gasteiger partial charge is 0.243 e. The van der Waals surface area contributed by atoms with Crippen molar-refractivity contribution < 1.29 is 22.0 Å². The monoisotopic (exact) mass is 457 g/mol. The normalized spacial score (nSPS) is 15.5. The van der Waals surface area contributed by atoms with Gasteiger partial charge in [-0.05, 0) is 49.7 Å². The van der Waals surface area contributed by atoms with Gasteiger partial charge < -0.3 is 9.32 Å². The minimum atomic E-state index is -3.74. The summed E-state index contributed by atoms with van der Waals surface area (Å²) in [6.07, 6.45) is 0.603. The van der Waals surface area contributed by atoms with Crippen molar-refractivity contribution in [1.29, 1.82) is 0 Å². The van der Waals surface area contributed by atoms with Crippen LogP contribution in [0.3, 0.4) is 0 Å². The van der Waals surface area contributed by atoms with Gasteiger partial charge in [0, 0.05) is 31.7 Å². The van der Waals surface area contributed by atoms with Gasteiger partial charge in [-0.3, -0.25) is 4.79 Å². The van der Waals surface area contributed by atoms with Crippen LogP contribution in [0.25, 0.3) is 11.5 Å². The summed E-state index contributed by atoms with van der Waals surface area (Å²) in [5.74, 6) is 0.447. The van der Waals surface area contributed by atoms with Crippen LogP contribution in [-0.4, -0.2) is 54.7 Å². The number of benzene rings is 2. The molecule has 32 heavy (non-hydrogen) atoms. The van der Waals surface area contributed by atoms with Gasteiger partial charge >= 0.3 is 0 Å². The van der Waals surface area contributed by atoms with Crippen molar-refractivity contribution in [3.63, 3.8) is 0 Å². The molecule has 1 aliphatic rings. The zero-order valence-electron chi connectivity index (χ0n) is 17.7. The standard InChI is InChI=1S/C23H24FN3O4S/c1-17-21(25-23(31-17)18-6-3-2-4-7-18)16-22(28)26-12-5-13-27(15-14-26)32(29,30)20-10-8-19(24)9-11-20/h2-4,6-11H,5,12-16H2,1H3. The van der Waals surface area contributed by atoms with Gasteiger partial charge in [0.15, 0.2) is 0 Å². The summed E-state index contributed by atoms with van der Waals surface area (Å²) in [5, 5.41) is 0. The zero-order valence-corrected chi connectivity index (χ0v) is 18.5. The number of rotatable bonds is 5. The van der Waals surface area contributed by atoms with E-state index in [0.29, 0.717) is 36.9 Å². The van der Waals surface area contributed by atoms with Gasteiger partial charge in [0.25, 0.3) is 0 Å². The van der Waals surface area contributed by atoms with E-state index in [2.05, 4.69) is 4.98 Å². The molecule has 0 aliphatic carbocycles. The average molecular weight is 458 g/mol. The molecule has 1 aromatic heterocycles. The summed E-state index contributed by atoms with van der Waals surface area (Å²) >= 11 is 0. The number of amides is 1. The van der Waals surface area contributed by atoms with E-state index in [1.165, 1.54) is 16.4 Å². The molecule has 0 unspecified atom stereocenters. The van der Waals surface area contributed by atoms with Crippen LogP contribution in [0.4, 0.5) is 4.39 Å². The van der Waals surface area contributed by atoms with Crippen molar-refractivity contribution in [1.82, 2.24) is 14.2 Å². The van der Waals surface area contributed by atoms with Crippen molar-refractivity contribution in [2.75, 3.05) is 26.2 Å². The molecule has 168 valence electrons. The molecule has 1 fully saturated rings. The minimum absolute atomic E-state index is 0.0466. The zero-order chi connectivity index (χ0) is 22.7. The third-order valence-corrected chi connectivity index (χ3v) is 7.40. The first kappa shape index (κ1) is 22.2. The second kappa shape index (κ2) is 9.22. The molecule has 0 bridgehead atoms. The summed E-state index contributed by atoms with van der Waals surface area (Å²) in [6.45, 7) is 2.99. The SMILES string of the molecule is Cc1oc(-c2ccccc2)nc1CC(=O)N1CCCN(S(=O)(=O)c2ccc(F)cc2)CC1. The fourth-order valence-corrected chi connectivity index (χ4v) is 5.16. The maximum Gasteiger partial charge on any atom is 0.243 e. The molecule has 0 N–H and O–H groups in total. The van der Waals surface area contributed by atoms with Crippen molar-refractivity contribution in [2.45, 2.75) is 24.7 Å². The van der Waals surface area contributed by atoms with Crippen LogP contribution < -0.4 is 0 Å². The van der Waals surface area contributed by atoms with E-state index in [-0.39, 0.29) is 30.3 Å². The predicted molar refractivity (Wildman–Crippen MR) is 117 cm³/mol. The van der Waals surface area contributed by atoms with Crippen molar-refractivity contribution in [2.24, 2.45) is 0 Å². The molecule has 1 aliphatic heterocycles. The van der Waals surface area contributed by atoms with Crippen molar-refractivity contribution in [3.05, 3.63) is 71.9 Å². The number of aryl methyl sites for hydroxylation is 1. The molecule has 2 aromatic carbocycles. The Morgan fingerprint density at radius 1 is 1.03 bits per heavy atom. The van der Waals surface area contributed by atoms with E-state index >= 15 is 0 Å². The lowest BCUT2D eigenvalue weighted by Crippen LogP contribution is -2.38. The highest BCUT2D eigenvalue weighted by atomic mass is 32.2. The first-order valence-corrected chi connectivity index (χ1v) is 11.8. The molecule has 0 saturated carbocycles. The molecule has 0 radical (unpaired) electrons. The van der Waals surface area contributed by atoms with E-state index in [9.17, 15) is 17.6 Å². The van der Waals surface area contributed by atoms with Crippen LogP contribution in [0.5, 0.6) is 0 Å². The van der Waals surface area contributed by atoms with Gasteiger partial charge in [-0.15, -0.1) is 0 Å². The van der Waals surface area contributed by atoms with Crippen LogP contribution in [0.1, 0.15) is 17.9 Å². The van der Waals surface area contributed by atoms with Crippen molar-refractivity contribution in [3.8, 4) is 11.5 Å². The first-order valence-electron chi connectivity index (χ1n) is 10.4. The summed E-state index contributed by atoms with van der Waals surface area (Å²) in [5.41, 5.74) is 1.42. The summed E-state index contributed by atoms with van der Waals surface area (Å²) in [7, 11) is -3.74. The first-order chi connectivity index (χ1) is 15.3. The van der Waals surface area contributed by atoms with Crippen LogP contribution in [0, 0.1) is 12.7 Å². The van der Waals surface area contributed by atoms with Gasteiger partial charge in [-0.2, -0.15) is 4.31 Å². The Morgan fingerprint density at radius 2 is 1.75 bits per heavy atom. The highest BCUT2D eigenvalue weighted by Crippen LogP contribution is 2.23. The fraction of sp³-hybridized carbons (Fsp3) is 0.304. The second-order valence-electron chi connectivity index (χ2n) is 7.66. The Bertz CT molecular complexity index is 1190. The predicted octanol–water partition coefficient (Wildman–Crippen LogP) is 3.25. The van der Waals surface area contributed by atoms with E-state index in [1.54, 1.807) is 11.8 Å². The van der Waals surface area contributed by atoms with Gasteiger partial charge in [0.2, 0.25) is 21.8 Å². The Kier molecular flexibility index (Phi) is 6.38. The summed E-state index contributed by atoms with van der Waals surface area (Å²) in [6, 6.07) is 14.2. The van der Waals surface area contributed by atoms with Crippen molar-refractivity contribution >= 4 is 15.9 Å². The molecule has 2 heterocycles. The number of halogens is 1. The summed E-state index contributed by atoms with van der Waals surface area (Å²) < 4.78 is 46.0. The number of hydrogen-bond donors (Lipinski definition) is 0. The van der Waals surface area contributed by atoms with Gasteiger partial charge in [-0.25, -0.2) is 17.8 Å². The van der Waals surface area contributed by atoms with E-state index < -0.39 is 15.8 Å².